The Morgan fingerprint density at radius 1 is 1.62 bits per heavy atom. The predicted molar refractivity (Wildman–Crippen MR) is 51.6 cm³/mol. The molecule has 0 aromatic carbocycles. The van der Waals surface area contributed by atoms with Crippen LogP contribution in [0.3, 0.4) is 0 Å². The number of guanidine groups is 1. The minimum Gasteiger partial charge on any atom is -0.355 e. The lowest BCUT2D eigenvalue weighted by atomic mass is 10.5. The molecule has 0 unspecified atom stereocenters. The summed E-state index contributed by atoms with van der Waals surface area (Å²) in [6, 6.07) is 0. The standard InChI is InChI=1S/C8H16N4O/c1-7(13)9-3-4-10-8-11-5-6-12(8)2/h3-6H2,1-2H3,(H,9,13)(H,10,11). The maximum absolute atomic E-state index is 10.5. The Balaban J connectivity index is 2.09. The van der Waals surface area contributed by atoms with Gasteiger partial charge in [0.2, 0.25) is 5.91 Å². The van der Waals surface area contributed by atoms with Crippen LogP contribution in [-0.2, 0) is 4.79 Å². The molecule has 2 N–H and O–H groups in total. The van der Waals surface area contributed by atoms with E-state index in [2.05, 4.69) is 20.5 Å². The first kappa shape index (κ1) is 9.83. The van der Waals surface area contributed by atoms with Gasteiger partial charge >= 0.3 is 0 Å². The number of aliphatic imine (C=N–C) groups is 1. The third-order valence-electron chi connectivity index (χ3n) is 1.84. The van der Waals surface area contributed by atoms with Gasteiger partial charge in [0.1, 0.15) is 0 Å². The summed E-state index contributed by atoms with van der Waals surface area (Å²) in [6.07, 6.45) is 0. The van der Waals surface area contributed by atoms with Crippen molar-refractivity contribution in [2.45, 2.75) is 6.92 Å². The lowest BCUT2D eigenvalue weighted by molar-refractivity contribution is -0.118. The molecule has 5 heteroatoms. The van der Waals surface area contributed by atoms with Crippen LogP contribution in [0.4, 0.5) is 0 Å². The van der Waals surface area contributed by atoms with Gasteiger partial charge < -0.3 is 15.5 Å². The van der Waals surface area contributed by atoms with Gasteiger partial charge in [-0.3, -0.25) is 9.79 Å². The highest BCUT2D eigenvalue weighted by atomic mass is 16.1. The van der Waals surface area contributed by atoms with Crippen LogP contribution in [0.5, 0.6) is 0 Å². The number of hydrogen-bond donors (Lipinski definition) is 2. The maximum atomic E-state index is 10.5. The minimum atomic E-state index is 0.00325. The van der Waals surface area contributed by atoms with E-state index < -0.39 is 0 Å². The number of nitrogens with zero attached hydrogens (tertiary/aromatic N) is 2. The van der Waals surface area contributed by atoms with Gasteiger partial charge in [0.25, 0.3) is 0 Å². The molecular weight excluding hydrogens is 168 g/mol. The summed E-state index contributed by atoms with van der Waals surface area (Å²) >= 11 is 0. The van der Waals surface area contributed by atoms with Gasteiger partial charge in [-0.05, 0) is 0 Å². The zero-order chi connectivity index (χ0) is 9.68. The van der Waals surface area contributed by atoms with E-state index in [9.17, 15) is 4.79 Å². The normalized spacial score (nSPS) is 15.5. The third-order valence-corrected chi connectivity index (χ3v) is 1.84. The van der Waals surface area contributed by atoms with E-state index in [1.165, 1.54) is 6.92 Å². The summed E-state index contributed by atoms with van der Waals surface area (Å²) in [7, 11) is 2.00. The van der Waals surface area contributed by atoms with E-state index in [1.807, 2.05) is 7.05 Å². The average Bonchev–Trinajstić information content (AvgIpc) is 2.45. The highest BCUT2D eigenvalue weighted by Crippen LogP contribution is 1.93. The molecule has 0 fully saturated rings. The molecule has 13 heavy (non-hydrogen) atoms. The summed E-state index contributed by atoms with van der Waals surface area (Å²) in [6.45, 7) is 4.71. The van der Waals surface area contributed by atoms with Crippen molar-refractivity contribution in [2.24, 2.45) is 4.99 Å². The first-order valence-electron chi connectivity index (χ1n) is 4.44. The Labute approximate surface area is 78.2 Å². The van der Waals surface area contributed by atoms with E-state index in [-0.39, 0.29) is 5.91 Å². The molecule has 0 aromatic heterocycles. The van der Waals surface area contributed by atoms with E-state index in [4.69, 9.17) is 0 Å². The molecule has 5 nitrogen and oxygen atoms in total. The van der Waals surface area contributed by atoms with Crippen molar-refractivity contribution in [3.8, 4) is 0 Å². The van der Waals surface area contributed by atoms with Crippen LogP contribution < -0.4 is 10.6 Å². The van der Waals surface area contributed by atoms with Crippen LogP contribution in [0.2, 0.25) is 0 Å². The molecule has 0 aromatic rings. The van der Waals surface area contributed by atoms with E-state index >= 15 is 0 Å². The quantitative estimate of drug-likeness (QED) is 0.554. The summed E-state index contributed by atoms with van der Waals surface area (Å²) in [5, 5.41) is 5.86. The molecule has 1 aliphatic rings. The predicted octanol–water partition coefficient (Wildman–Crippen LogP) is -0.986. The number of nitrogens with one attached hydrogen (secondary N) is 2. The zero-order valence-corrected chi connectivity index (χ0v) is 8.13. The van der Waals surface area contributed by atoms with Crippen LogP contribution in [0.25, 0.3) is 0 Å². The second kappa shape index (κ2) is 4.69. The molecule has 0 radical (unpaired) electrons. The van der Waals surface area contributed by atoms with Crippen molar-refractivity contribution < 1.29 is 4.79 Å². The van der Waals surface area contributed by atoms with Crippen molar-refractivity contribution >= 4 is 11.9 Å². The average molecular weight is 184 g/mol. The van der Waals surface area contributed by atoms with Crippen LogP contribution >= 0.6 is 0 Å². The number of likely N-dealkylation sites (N-methyl/N-ethyl adjacent to an activating group) is 1. The molecule has 0 saturated carbocycles. The fourth-order valence-electron chi connectivity index (χ4n) is 1.14. The number of hydrogen-bond acceptors (Lipinski definition) is 4. The molecule has 1 amide bonds. The summed E-state index contributed by atoms with van der Waals surface area (Å²) in [4.78, 5) is 16.8. The topological polar surface area (TPSA) is 56.7 Å². The second-order valence-corrected chi connectivity index (χ2v) is 3.04. The van der Waals surface area contributed by atoms with Crippen LogP contribution in [-0.4, -0.2) is 50.0 Å². The van der Waals surface area contributed by atoms with Gasteiger partial charge in [-0.15, -0.1) is 0 Å². The zero-order valence-electron chi connectivity index (χ0n) is 8.13. The number of carbonyl (C=O) groups excluding carboxylic acids is 1. The molecule has 0 spiro atoms. The number of amides is 1. The summed E-state index contributed by atoms with van der Waals surface area (Å²) < 4.78 is 0. The van der Waals surface area contributed by atoms with Gasteiger partial charge in [-0.2, -0.15) is 0 Å². The lowest BCUT2D eigenvalue weighted by Gasteiger charge is -2.14. The monoisotopic (exact) mass is 184 g/mol. The molecule has 0 bridgehead atoms. The molecule has 1 rings (SSSR count). The second-order valence-electron chi connectivity index (χ2n) is 3.04. The van der Waals surface area contributed by atoms with Gasteiger partial charge in [0.05, 0.1) is 6.54 Å². The van der Waals surface area contributed by atoms with Crippen molar-refractivity contribution in [1.82, 2.24) is 15.5 Å². The number of carbonyl (C=O) groups is 1. The smallest absolute Gasteiger partial charge is 0.216 e. The van der Waals surface area contributed by atoms with E-state index in [0.717, 1.165) is 25.6 Å². The Bertz CT molecular complexity index is 214. The van der Waals surface area contributed by atoms with Crippen molar-refractivity contribution in [3.63, 3.8) is 0 Å². The Morgan fingerprint density at radius 3 is 2.92 bits per heavy atom. The number of rotatable bonds is 3. The first-order valence-corrected chi connectivity index (χ1v) is 4.44. The van der Waals surface area contributed by atoms with Gasteiger partial charge in [0.15, 0.2) is 5.96 Å². The van der Waals surface area contributed by atoms with Crippen LogP contribution in [0.1, 0.15) is 6.92 Å². The molecule has 1 aliphatic heterocycles. The fourth-order valence-corrected chi connectivity index (χ4v) is 1.14. The summed E-state index contributed by atoms with van der Waals surface area (Å²) in [5.74, 6) is 0.925. The summed E-state index contributed by atoms with van der Waals surface area (Å²) in [5.41, 5.74) is 0. The van der Waals surface area contributed by atoms with Crippen molar-refractivity contribution in [2.75, 3.05) is 33.2 Å². The highest BCUT2D eigenvalue weighted by Gasteiger charge is 2.10. The minimum absolute atomic E-state index is 0.00325. The van der Waals surface area contributed by atoms with Crippen LogP contribution in [0, 0.1) is 0 Å². The largest absolute Gasteiger partial charge is 0.355 e. The Kier molecular flexibility index (Phi) is 3.54. The Hall–Kier alpha value is -1.26. The Morgan fingerprint density at radius 2 is 2.38 bits per heavy atom. The van der Waals surface area contributed by atoms with Gasteiger partial charge in [0, 0.05) is 33.6 Å². The molecule has 1 heterocycles. The third kappa shape index (κ3) is 3.31. The molecule has 0 atom stereocenters. The van der Waals surface area contributed by atoms with Gasteiger partial charge in [-0.1, -0.05) is 0 Å². The van der Waals surface area contributed by atoms with E-state index in [1.54, 1.807) is 0 Å². The van der Waals surface area contributed by atoms with Crippen LogP contribution in [0.15, 0.2) is 4.99 Å². The maximum Gasteiger partial charge on any atom is 0.216 e. The van der Waals surface area contributed by atoms with Crippen molar-refractivity contribution in [1.29, 1.82) is 0 Å². The van der Waals surface area contributed by atoms with Crippen molar-refractivity contribution in [3.05, 3.63) is 0 Å². The molecular formula is C8H16N4O. The molecule has 0 aliphatic carbocycles. The molecule has 74 valence electrons. The van der Waals surface area contributed by atoms with E-state index in [0.29, 0.717) is 6.54 Å². The fraction of sp³-hybridized carbons (Fsp3) is 0.750. The lowest BCUT2D eigenvalue weighted by Crippen LogP contribution is -2.39. The first-order chi connectivity index (χ1) is 6.20. The highest BCUT2D eigenvalue weighted by molar-refractivity contribution is 5.81. The molecule has 0 saturated heterocycles. The van der Waals surface area contributed by atoms with Gasteiger partial charge in [-0.25, -0.2) is 0 Å². The SMILES string of the molecule is CC(=O)NCCNC1=NCCN1C.